The molecule has 1 fully saturated rings. The highest BCUT2D eigenvalue weighted by molar-refractivity contribution is 5.49. The van der Waals surface area contributed by atoms with Crippen molar-refractivity contribution in [3.8, 4) is 0 Å². The molecule has 1 aromatic rings. The molecular formula is C15H24N2O. The van der Waals surface area contributed by atoms with E-state index in [-0.39, 0.29) is 11.2 Å². The first-order valence-electron chi connectivity index (χ1n) is 6.55. The largest absolute Gasteiger partial charge is 0.366 e. The molecule has 3 heteroatoms. The van der Waals surface area contributed by atoms with Gasteiger partial charge in [0, 0.05) is 25.3 Å². The molecule has 1 aliphatic rings. The first-order valence-corrected chi connectivity index (χ1v) is 6.55. The number of morpholine rings is 1. The second-order valence-electron chi connectivity index (χ2n) is 6.35. The lowest BCUT2D eigenvalue weighted by Gasteiger charge is -2.48. The van der Waals surface area contributed by atoms with Gasteiger partial charge >= 0.3 is 0 Å². The van der Waals surface area contributed by atoms with Crippen LogP contribution in [0.25, 0.3) is 0 Å². The smallest absolute Gasteiger partial charge is 0.0808 e. The summed E-state index contributed by atoms with van der Waals surface area (Å²) in [5.74, 6) is 0. The van der Waals surface area contributed by atoms with E-state index in [1.165, 1.54) is 11.3 Å². The van der Waals surface area contributed by atoms with Crippen molar-refractivity contribution >= 4 is 5.69 Å². The minimum Gasteiger partial charge on any atom is -0.366 e. The minimum absolute atomic E-state index is 0.125. The predicted molar refractivity (Wildman–Crippen MR) is 75.8 cm³/mol. The normalized spacial score (nSPS) is 21.9. The van der Waals surface area contributed by atoms with Crippen molar-refractivity contribution in [1.29, 1.82) is 0 Å². The molecule has 2 rings (SSSR count). The molecule has 1 aromatic carbocycles. The summed E-state index contributed by atoms with van der Waals surface area (Å²) >= 11 is 0. The summed E-state index contributed by atoms with van der Waals surface area (Å²) in [6.45, 7) is 11.0. The van der Waals surface area contributed by atoms with Crippen molar-refractivity contribution in [3.63, 3.8) is 0 Å². The van der Waals surface area contributed by atoms with Gasteiger partial charge in [-0.2, -0.15) is 0 Å². The summed E-state index contributed by atoms with van der Waals surface area (Å²) in [6.07, 6.45) is 0. The van der Waals surface area contributed by atoms with Crippen LogP contribution in [0.5, 0.6) is 0 Å². The average molecular weight is 248 g/mol. The molecule has 2 N–H and O–H groups in total. The van der Waals surface area contributed by atoms with Gasteiger partial charge in [0.25, 0.3) is 0 Å². The summed E-state index contributed by atoms with van der Waals surface area (Å²) in [5, 5.41) is 0. The molecule has 0 radical (unpaired) electrons. The van der Waals surface area contributed by atoms with E-state index >= 15 is 0 Å². The Morgan fingerprint density at radius 1 is 1.17 bits per heavy atom. The van der Waals surface area contributed by atoms with Gasteiger partial charge in [0.1, 0.15) is 0 Å². The molecule has 0 aromatic heterocycles. The third-order valence-electron chi connectivity index (χ3n) is 3.21. The second kappa shape index (κ2) is 4.56. The number of hydrogen-bond donors (Lipinski definition) is 1. The van der Waals surface area contributed by atoms with Gasteiger partial charge in [0.2, 0.25) is 0 Å². The van der Waals surface area contributed by atoms with E-state index in [2.05, 4.69) is 56.9 Å². The third kappa shape index (κ3) is 3.03. The number of nitrogens with two attached hydrogens (primary N) is 1. The van der Waals surface area contributed by atoms with Crippen molar-refractivity contribution in [2.24, 2.45) is 5.73 Å². The average Bonchev–Trinajstić information content (AvgIpc) is 2.25. The lowest BCUT2D eigenvalue weighted by molar-refractivity contribution is -0.133. The van der Waals surface area contributed by atoms with E-state index in [1.54, 1.807) is 0 Å². The maximum Gasteiger partial charge on any atom is 0.0808 e. The Hall–Kier alpha value is -1.06. The van der Waals surface area contributed by atoms with Crippen LogP contribution in [-0.2, 0) is 11.3 Å². The summed E-state index contributed by atoms with van der Waals surface area (Å²) in [5.41, 5.74) is 7.88. The predicted octanol–water partition coefficient (Wildman–Crippen LogP) is 2.54. The van der Waals surface area contributed by atoms with Gasteiger partial charge < -0.3 is 15.4 Å². The number of nitrogens with zero attached hydrogens (tertiary/aromatic N) is 1. The van der Waals surface area contributed by atoms with Gasteiger partial charge in [0.15, 0.2) is 0 Å². The Morgan fingerprint density at radius 2 is 1.78 bits per heavy atom. The van der Waals surface area contributed by atoms with Crippen molar-refractivity contribution in [3.05, 3.63) is 29.8 Å². The number of ether oxygens (including phenoxy) is 1. The number of anilines is 1. The zero-order valence-electron chi connectivity index (χ0n) is 11.9. The first-order chi connectivity index (χ1) is 8.31. The van der Waals surface area contributed by atoms with E-state index in [0.717, 1.165) is 13.1 Å². The van der Waals surface area contributed by atoms with Crippen molar-refractivity contribution in [2.45, 2.75) is 45.4 Å². The summed E-state index contributed by atoms with van der Waals surface area (Å²) in [7, 11) is 0. The Morgan fingerprint density at radius 3 is 2.33 bits per heavy atom. The highest BCUT2D eigenvalue weighted by atomic mass is 16.5. The minimum atomic E-state index is -0.125. The zero-order valence-corrected chi connectivity index (χ0v) is 11.9. The van der Waals surface area contributed by atoms with Crippen LogP contribution in [0, 0.1) is 0 Å². The Kier molecular flexibility index (Phi) is 3.39. The lowest BCUT2D eigenvalue weighted by Crippen LogP contribution is -2.57. The molecule has 0 aliphatic carbocycles. The van der Waals surface area contributed by atoms with Crippen LogP contribution in [0.15, 0.2) is 24.3 Å². The molecule has 0 atom stereocenters. The van der Waals surface area contributed by atoms with Crippen molar-refractivity contribution < 1.29 is 4.74 Å². The molecule has 1 aliphatic heterocycles. The lowest BCUT2D eigenvalue weighted by atomic mass is 9.98. The van der Waals surface area contributed by atoms with Crippen LogP contribution in [-0.4, -0.2) is 24.3 Å². The standard InChI is InChI=1S/C15H24N2O/c1-14(2)10-17(11-15(3,4)18-14)13-7-5-6-12(8-13)9-16/h5-8H,9-11,16H2,1-4H3. The molecule has 0 amide bonds. The summed E-state index contributed by atoms with van der Waals surface area (Å²) in [4.78, 5) is 2.39. The fourth-order valence-electron chi connectivity index (χ4n) is 2.85. The monoisotopic (exact) mass is 248 g/mol. The van der Waals surface area contributed by atoms with Crippen LogP contribution in [0.2, 0.25) is 0 Å². The third-order valence-corrected chi connectivity index (χ3v) is 3.21. The molecular weight excluding hydrogens is 224 g/mol. The summed E-state index contributed by atoms with van der Waals surface area (Å²) < 4.78 is 6.10. The van der Waals surface area contributed by atoms with E-state index in [0.29, 0.717) is 6.54 Å². The van der Waals surface area contributed by atoms with Crippen LogP contribution in [0.3, 0.4) is 0 Å². The van der Waals surface area contributed by atoms with Crippen LogP contribution >= 0.6 is 0 Å². The molecule has 18 heavy (non-hydrogen) atoms. The van der Waals surface area contributed by atoms with Gasteiger partial charge in [0.05, 0.1) is 11.2 Å². The highest BCUT2D eigenvalue weighted by Crippen LogP contribution is 2.31. The quantitative estimate of drug-likeness (QED) is 0.874. The second-order valence-corrected chi connectivity index (χ2v) is 6.35. The van der Waals surface area contributed by atoms with Gasteiger partial charge in [-0.25, -0.2) is 0 Å². The van der Waals surface area contributed by atoms with Gasteiger partial charge in [-0.3, -0.25) is 0 Å². The molecule has 1 heterocycles. The van der Waals surface area contributed by atoms with E-state index in [9.17, 15) is 0 Å². The van der Waals surface area contributed by atoms with Crippen molar-refractivity contribution in [1.82, 2.24) is 0 Å². The highest BCUT2D eigenvalue weighted by Gasteiger charge is 2.38. The molecule has 0 bridgehead atoms. The van der Waals surface area contributed by atoms with Crippen LogP contribution < -0.4 is 10.6 Å². The molecule has 0 saturated carbocycles. The van der Waals surface area contributed by atoms with Crippen LogP contribution in [0.4, 0.5) is 5.69 Å². The maximum atomic E-state index is 6.10. The number of hydrogen-bond acceptors (Lipinski definition) is 3. The van der Waals surface area contributed by atoms with Gasteiger partial charge in [-0.15, -0.1) is 0 Å². The first kappa shape index (κ1) is 13.4. The molecule has 100 valence electrons. The van der Waals surface area contributed by atoms with Crippen LogP contribution in [0.1, 0.15) is 33.3 Å². The topological polar surface area (TPSA) is 38.5 Å². The van der Waals surface area contributed by atoms with E-state index < -0.39 is 0 Å². The Labute approximate surface area is 110 Å². The van der Waals surface area contributed by atoms with Crippen molar-refractivity contribution in [2.75, 3.05) is 18.0 Å². The fraction of sp³-hybridized carbons (Fsp3) is 0.600. The SMILES string of the molecule is CC1(C)CN(c2cccc(CN)c2)CC(C)(C)O1. The summed E-state index contributed by atoms with van der Waals surface area (Å²) in [6, 6.07) is 8.47. The number of benzene rings is 1. The van der Waals surface area contributed by atoms with Gasteiger partial charge in [-0.1, -0.05) is 12.1 Å². The molecule has 0 spiro atoms. The number of rotatable bonds is 2. The van der Waals surface area contributed by atoms with E-state index in [1.807, 2.05) is 0 Å². The van der Waals surface area contributed by atoms with E-state index in [4.69, 9.17) is 10.5 Å². The Balaban J connectivity index is 2.26. The molecule has 3 nitrogen and oxygen atoms in total. The Bertz CT molecular complexity index is 410. The maximum absolute atomic E-state index is 6.10. The molecule has 0 unspecified atom stereocenters. The fourth-order valence-corrected chi connectivity index (χ4v) is 2.85. The zero-order chi connectivity index (χ0) is 13.4. The molecule has 1 saturated heterocycles. The van der Waals surface area contributed by atoms with Gasteiger partial charge in [-0.05, 0) is 45.4 Å².